The number of methoxy groups -OCH3 is 1. The van der Waals surface area contributed by atoms with Crippen LogP contribution >= 0.6 is 0 Å². The van der Waals surface area contributed by atoms with Crippen LogP contribution in [0.3, 0.4) is 0 Å². The molecular formula is C19H22O5. The zero-order valence-corrected chi connectivity index (χ0v) is 13.7. The van der Waals surface area contributed by atoms with Gasteiger partial charge in [0.2, 0.25) is 0 Å². The average molecular weight is 330 g/mol. The number of hydrogen-bond acceptors (Lipinski definition) is 5. The number of benzene rings is 2. The van der Waals surface area contributed by atoms with Crippen molar-refractivity contribution in [2.75, 3.05) is 20.3 Å². The van der Waals surface area contributed by atoms with Gasteiger partial charge in [0.1, 0.15) is 11.9 Å². The molecule has 0 aromatic heterocycles. The molecule has 5 heteroatoms. The number of esters is 1. The predicted octanol–water partition coefficient (Wildman–Crippen LogP) is 2.82. The van der Waals surface area contributed by atoms with Gasteiger partial charge in [0.05, 0.1) is 32.5 Å². The summed E-state index contributed by atoms with van der Waals surface area (Å²) >= 11 is 0. The summed E-state index contributed by atoms with van der Waals surface area (Å²) in [7, 11) is 1.62. The van der Waals surface area contributed by atoms with Crippen LogP contribution in [0.4, 0.5) is 0 Å². The fourth-order valence-corrected chi connectivity index (χ4v) is 2.11. The molecule has 0 spiro atoms. The van der Waals surface area contributed by atoms with Gasteiger partial charge in [0, 0.05) is 6.42 Å². The molecule has 0 aliphatic carbocycles. The van der Waals surface area contributed by atoms with Gasteiger partial charge >= 0.3 is 5.97 Å². The van der Waals surface area contributed by atoms with Gasteiger partial charge in [-0.25, -0.2) is 4.79 Å². The average Bonchev–Trinajstić information content (AvgIpc) is 2.65. The number of carbonyl (C=O) groups is 1. The van der Waals surface area contributed by atoms with E-state index in [0.29, 0.717) is 25.2 Å². The third-order valence-corrected chi connectivity index (χ3v) is 3.50. The van der Waals surface area contributed by atoms with Crippen molar-refractivity contribution in [2.45, 2.75) is 19.1 Å². The summed E-state index contributed by atoms with van der Waals surface area (Å²) < 4.78 is 15.9. The number of aliphatic hydroxyl groups is 1. The molecule has 0 unspecified atom stereocenters. The summed E-state index contributed by atoms with van der Waals surface area (Å²) in [5, 5.41) is 9.35. The van der Waals surface area contributed by atoms with E-state index in [2.05, 4.69) is 0 Å². The maximum absolute atomic E-state index is 11.9. The number of hydrogen-bond donors (Lipinski definition) is 1. The Bertz CT molecular complexity index is 609. The van der Waals surface area contributed by atoms with Gasteiger partial charge < -0.3 is 19.3 Å². The zero-order valence-electron chi connectivity index (χ0n) is 13.7. The summed E-state index contributed by atoms with van der Waals surface area (Å²) in [6.07, 6.45) is -0.140. The Morgan fingerprint density at radius 2 is 1.79 bits per heavy atom. The summed E-state index contributed by atoms with van der Waals surface area (Å²) in [6.45, 7) is 0.610. The lowest BCUT2D eigenvalue weighted by Gasteiger charge is -2.15. The van der Waals surface area contributed by atoms with Crippen LogP contribution in [0, 0.1) is 0 Å². The van der Waals surface area contributed by atoms with Crippen molar-refractivity contribution in [1.29, 1.82) is 0 Å². The zero-order chi connectivity index (χ0) is 17.2. The first-order chi connectivity index (χ1) is 11.7. The lowest BCUT2D eigenvalue weighted by molar-refractivity contribution is -0.000931. The summed E-state index contributed by atoms with van der Waals surface area (Å²) in [5.41, 5.74) is 1.49. The monoisotopic (exact) mass is 330 g/mol. The highest BCUT2D eigenvalue weighted by Crippen LogP contribution is 2.12. The minimum absolute atomic E-state index is 0.232. The summed E-state index contributed by atoms with van der Waals surface area (Å²) in [6, 6.07) is 16.3. The van der Waals surface area contributed by atoms with Gasteiger partial charge in [0.25, 0.3) is 0 Å². The van der Waals surface area contributed by atoms with Gasteiger partial charge in [-0.3, -0.25) is 0 Å². The number of aliphatic hydroxyl groups excluding tert-OH is 1. The van der Waals surface area contributed by atoms with Gasteiger partial charge in [-0.1, -0.05) is 30.3 Å². The molecule has 0 radical (unpaired) electrons. The Morgan fingerprint density at radius 3 is 2.42 bits per heavy atom. The molecule has 0 saturated carbocycles. The van der Waals surface area contributed by atoms with E-state index in [1.807, 2.05) is 30.3 Å². The van der Waals surface area contributed by atoms with E-state index >= 15 is 0 Å². The Kier molecular flexibility index (Phi) is 7.26. The topological polar surface area (TPSA) is 65.0 Å². The van der Waals surface area contributed by atoms with Crippen molar-refractivity contribution in [2.24, 2.45) is 0 Å². The van der Waals surface area contributed by atoms with Gasteiger partial charge in [0.15, 0.2) is 0 Å². The van der Waals surface area contributed by atoms with Crippen LogP contribution < -0.4 is 4.74 Å². The molecule has 0 amide bonds. The Balaban J connectivity index is 1.72. The van der Waals surface area contributed by atoms with E-state index in [4.69, 9.17) is 14.2 Å². The second-order valence-corrected chi connectivity index (χ2v) is 5.27. The number of carbonyl (C=O) groups excluding carboxylic acids is 1. The Labute approximate surface area is 141 Å². The van der Waals surface area contributed by atoms with Crippen molar-refractivity contribution < 1.29 is 24.1 Å². The van der Waals surface area contributed by atoms with Crippen LogP contribution in [-0.4, -0.2) is 37.5 Å². The molecule has 128 valence electrons. The van der Waals surface area contributed by atoms with E-state index in [9.17, 15) is 9.90 Å². The van der Waals surface area contributed by atoms with Crippen molar-refractivity contribution in [1.82, 2.24) is 0 Å². The highest BCUT2D eigenvalue weighted by Gasteiger charge is 2.15. The normalized spacial score (nSPS) is 11.8. The van der Waals surface area contributed by atoms with Crippen LogP contribution in [-0.2, 0) is 16.1 Å². The molecule has 1 N–H and O–H groups in total. The van der Waals surface area contributed by atoms with E-state index in [-0.39, 0.29) is 6.61 Å². The highest BCUT2D eigenvalue weighted by atomic mass is 16.6. The Hall–Kier alpha value is -2.37. The van der Waals surface area contributed by atoms with Crippen molar-refractivity contribution in [3.8, 4) is 5.75 Å². The molecule has 0 bridgehead atoms. The van der Waals surface area contributed by atoms with Crippen LogP contribution in [0.15, 0.2) is 54.6 Å². The molecule has 2 aromatic carbocycles. The lowest BCUT2D eigenvalue weighted by Crippen LogP contribution is -2.23. The minimum Gasteiger partial charge on any atom is -0.497 e. The van der Waals surface area contributed by atoms with Crippen LogP contribution in [0.1, 0.15) is 22.3 Å². The lowest BCUT2D eigenvalue weighted by atomic mass is 10.2. The highest BCUT2D eigenvalue weighted by molar-refractivity contribution is 5.89. The second kappa shape index (κ2) is 9.70. The largest absolute Gasteiger partial charge is 0.497 e. The minimum atomic E-state index is -0.575. The quantitative estimate of drug-likeness (QED) is 0.566. The fourth-order valence-electron chi connectivity index (χ4n) is 2.11. The maximum Gasteiger partial charge on any atom is 0.338 e. The predicted molar refractivity (Wildman–Crippen MR) is 90.0 cm³/mol. The molecule has 2 rings (SSSR count). The molecule has 24 heavy (non-hydrogen) atoms. The number of ether oxygens (including phenoxy) is 3. The maximum atomic E-state index is 11.9. The van der Waals surface area contributed by atoms with Gasteiger partial charge in [-0.15, -0.1) is 0 Å². The van der Waals surface area contributed by atoms with Crippen molar-refractivity contribution in [3.05, 3.63) is 65.7 Å². The second-order valence-electron chi connectivity index (χ2n) is 5.27. The van der Waals surface area contributed by atoms with Crippen molar-refractivity contribution in [3.63, 3.8) is 0 Å². The van der Waals surface area contributed by atoms with Crippen LogP contribution in [0.2, 0.25) is 0 Å². The first kappa shape index (κ1) is 18.0. The molecule has 0 aliphatic rings. The molecule has 0 fully saturated rings. The summed E-state index contributed by atoms with van der Waals surface area (Å²) in [5.74, 6) is 0.358. The third kappa shape index (κ3) is 5.68. The standard InChI is InChI=1S/C19H22O5/c1-22-17-9-7-15(8-10-17)14-23-12-11-18(13-20)24-19(21)16-5-3-2-4-6-16/h2-10,18,20H,11-14H2,1H3/t18-/m1/s1. The SMILES string of the molecule is COc1ccc(COCC[C@H](CO)OC(=O)c2ccccc2)cc1. The first-order valence-electron chi connectivity index (χ1n) is 7.80. The number of rotatable bonds is 9. The van der Waals surface area contributed by atoms with Gasteiger partial charge in [-0.05, 0) is 29.8 Å². The van der Waals surface area contributed by atoms with E-state index in [0.717, 1.165) is 11.3 Å². The van der Waals surface area contributed by atoms with Crippen LogP contribution in [0.5, 0.6) is 5.75 Å². The molecule has 2 aromatic rings. The molecular weight excluding hydrogens is 308 g/mol. The van der Waals surface area contributed by atoms with E-state index in [1.165, 1.54) is 0 Å². The smallest absolute Gasteiger partial charge is 0.338 e. The molecule has 0 aliphatic heterocycles. The first-order valence-corrected chi connectivity index (χ1v) is 7.80. The molecule has 0 heterocycles. The summed E-state index contributed by atoms with van der Waals surface area (Å²) in [4.78, 5) is 11.9. The molecule has 5 nitrogen and oxygen atoms in total. The Morgan fingerprint density at radius 1 is 1.08 bits per heavy atom. The van der Waals surface area contributed by atoms with Gasteiger partial charge in [-0.2, -0.15) is 0 Å². The fraction of sp³-hybridized carbons (Fsp3) is 0.316. The van der Waals surface area contributed by atoms with Crippen LogP contribution in [0.25, 0.3) is 0 Å². The van der Waals surface area contributed by atoms with E-state index in [1.54, 1.807) is 31.4 Å². The molecule has 1 atom stereocenters. The third-order valence-electron chi connectivity index (χ3n) is 3.50. The van der Waals surface area contributed by atoms with E-state index < -0.39 is 12.1 Å². The van der Waals surface area contributed by atoms with Crippen molar-refractivity contribution >= 4 is 5.97 Å². The molecule has 0 saturated heterocycles.